The Morgan fingerprint density at radius 3 is 2.51 bits per heavy atom. The van der Waals surface area contributed by atoms with Crippen LogP contribution in [-0.4, -0.2) is 66.6 Å². The number of hydrogen-bond donors (Lipinski definition) is 1. The maximum Gasteiger partial charge on any atom is 0.246 e. The summed E-state index contributed by atoms with van der Waals surface area (Å²) in [6.45, 7) is 5.26. The third kappa shape index (κ3) is 5.79. The van der Waals surface area contributed by atoms with Crippen molar-refractivity contribution in [3.8, 4) is 11.5 Å². The van der Waals surface area contributed by atoms with Crippen molar-refractivity contribution in [1.82, 2.24) is 14.8 Å². The second kappa shape index (κ2) is 11.7. The van der Waals surface area contributed by atoms with Crippen LogP contribution >= 0.6 is 0 Å². The van der Waals surface area contributed by atoms with E-state index in [0.29, 0.717) is 30.4 Å². The monoisotopic (exact) mass is 520 g/mol. The number of anilines is 1. The molecule has 1 fully saturated rings. The third-order valence-electron chi connectivity index (χ3n) is 7.28. The van der Waals surface area contributed by atoms with E-state index < -0.39 is 6.04 Å². The number of aromatic nitrogens is 1. The maximum absolute atomic E-state index is 14.0. The first-order chi connectivity index (χ1) is 19.2. The zero-order chi connectivity index (χ0) is 26.4. The van der Waals surface area contributed by atoms with Gasteiger partial charge in [-0.2, -0.15) is 0 Å². The van der Waals surface area contributed by atoms with Crippen LogP contribution in [0, 0.1) is 0 Å². The van der Waals surface area contributed by atoms with E-state index in [1.165, 1.54) is 5.56 Å². The number of nitrogens with zero attached hydrogens (tertiary/aromatic N) is 3. The molecule has 1 N–H and O–H groups in total. The van der Waals surface area contributed by atoms with Crippen LogP contribution in [0.2, 0.25) is 0 Å². The molecular weight excluding hydrogens is 488 g/mol. The summed E-state index contributed by atoms with van der Waals surface area (Å²) in [5, 5.41) is 4.15. The number of carbonyl (C=O) groups excluding carboxylic acids is 1. The second-order valence-electron chi connectivity index (χ2n) is 9.82. The number of carbonyl (C=O) groups is 1. The van der Waals surface area contributed by atoms with Gasteiger partial charge in [0.2, 0.25) is 5.91 Å². The average molecular weight is 521 g/mol. The smallest absolute Gasteiger partial charge is 0.246 e. The summed E-state index contributed by atoms with van der Waals surface area (Å²) < 4.78 is 11.4. The van der Waals surface area contributed by atoms with Gasteiger partial charge >= 0.3 is 0 Å². The Kier molecular flexibility index (Phi) is 7.52. The van der Waals surface area contributed by atoms with Crippen LogP contribution < -0.4 is 14.8 Å². The molecule has 0 radical (unpaired) electrons. The highest BCUT2D eigenvalue weighted by atomic mass is 16.6. The molecule has 1 aromatic heterocycles. The average Bonchev–Trinajstić information content (AvgIpc) is 2.99. The topological polar surface area (TPSA) is 66.9 Å². The van der Waals surface area contributed by atoms with E-state index in [2.05, 4.69) is 56.5 Å². The van der Waals surface area contributed by atoms with Crippen LogP contribution in [-0.2, 0) is 4.79 Å². The molecule has 0 bridgehead atoms. The molecule has 3 heterocycles. The Morgan fingerprint density at radius 2 is 1.67 bits per heavy atom. The van der Waals surface area contributed by atoms with Crippen molar-refractivity contribution in [2.24, 2.45) is 0 Å². The van der Waals surface area contributed by atoms with Crippen LogP contribution in [0.1, 0.15) is 17.2 Å². The summed E-state index contributed by atoms with van der Waals surface area (Å²) in [5.74, 6) is 1.29. The molecule has 0 aliphatic carbocycles. The van der Waals surface area contributed by atoms with Crippen LogP contribution in [0.5, 0.6) is 11.5 Å². The number of para-hydroxylation sites is 1. The minimum absolute atomic E-state index is 0.0690. The summed E-state index contributed by atoms with van der Waals surface area (Å²) >= 11 is 0. The van der Waals surface area contributed by atoms with E-state index in [1.54, 1.807) is 6.20 Å². The quantitative estimate of drug-likeness (QED) is 0.369. The summed E-state index contributed by atoms with van der Waals surface area (Å²) in [5.41, 5.74) is 3.75. The molecule has 198 valence electrons. The molecular formula is C32H32N4O3. The molecule has 1 unspecified atom stereocenters. The number of hydrogen-bond acceptors (Lipinski definition) is 6. The van der Waals surface area contributed by atoms with E-state index in [-0.39, 0.29) is 5.91 Å². The van der Waals surface area contributed by atoms with E-state index in [0.717, 1.165) is 49.2 Å². The highest BCUT2D eigenvalue weighted by Gasteiger charge is 2.32. The van der Waals surface area contributed by atoms with Gasteiger partial charge in [-0.15, -0.1) is 0 Å². The highest BCUT2D eigenvalue weighted by Crippen LogP contribution is 2.34. The molecule has 39 heavy (non-hydrogen) atoms. The fourth-order valence-corrected chi connectivity index (χ4v) is 5.30. The fourth-order valence-electron chi connectivity index (χ4n) is 5.30. The zero-order valence-electron chi connectivity index (χ0n) is 21.8. The predicted molar refractivity (Wildman–Crippen MR) is 154 cm³/mol. The number of ether oxygens (including phenoxy) is 2. The molecule has 4 aromatic rings. The molecule has 1 saturated heterocycles. The van der Waals surface area contributed by atoms with E-state index in [9.17, 15) is 4.79 Å². The summed E-state index contributed by atoms with van der Waals surface area (Å²) in [7, 11) is 0. The minimum Gasteiger partial charge on any atom is -0.486 e. The number of fused-ring (bicyclic) bond motifs is 2. The number of rotatable bonds is 7. The summed E-state index contributed by atoms with van der Waals surface area (Å²) in [6.07, 6.45) is 6.18. The van der Waals surface area contributed by atoms with Gasteiger partial charge in [0.25, 0.3) is 0 Å². The SMILES string of the molecule is O=C(Nc1ccc2c(c1)OCCO2)C(c1ccnc2ccccc12)N1CCN(C/C=C/c2ccccc2)CC1. The Hall–Kier alpha value is -4.20. The first-order valence-electron chi connectivity index (χ1n) is 13.5. The van der Waals surface area contributed by atoms with Crippen LogP contribution in [0.25, 0.3) is 17.0 Å². The number of amides is 1. The Bertz CT molecular complexity index is 1460. The number of benzene rings is 3. The number of pyridine rings is 1. The Morgan fingerprint density at radius 1 is 0.897 bits per heavy atom. The van der Waals surface area contributed by atoms with Crippen molar-refractivity contribution in [1.29, 1.82) is 0 Å². The van der Waals surface area contributed by atoms with Crippen molar-refractivity contribution in [3.05, 3.63) is 102 Å². The molecule has 3 aromatic carbocycles. The minimum atomic E-state index is -0.451. The zero-order valence-corrected chi connectivity index (χ0v) is 21.8. The van der Waals surface area contributed by atoms with Gasteiger partial charge < -0.3 is 14.8 Å². The molecule has 7 nitrogen and oxygen atoms in total. The summed E-state index contributed by atoms with van der Waals surface area (Å²) in [4.78, 5) is 23.2. The van der Waals surface area contributed by atoms with E-state index >= 15 is 0 Å². The predicted octanol–water partition coefficient (Wildman–Crippen LogP) is 5.02. The molecule has 0 spiro atoms. The molecule has 1 amide bonds. The maximum atomic E-state index is 14.0. The van der Waals surface area contributed by atoms with Crippen LogP contribution in [0.3, 0.4) is 0 Å². The van der Waals surface area contributed by atoms with Gasteiger partial charge in [0.1, 0.15) is 19.3 Å². The lowest BCUT2D eigenvalue weighted by atomic mass is 9.99. The van der Waals surface area contributed by atoms with Crippen LogP contribution in [0.15, 0.2) is 91.1 Å². The number of nitrogens with one attached hydrogen (secondary N) is 1. The Labute approximate surface area is 228 Å². The van der Waals surface area contributed by atoms with Crippen molar-refractivity contribution in [3.63, 3.8) is 0 Å². The van der Waals surface area contributed by atoms with E-state index in [4.69, 9.17) is 9.47 Å². The molecule has 1 atom stereocenters. The van der Waals surface area contributed by atoms with Gasteiger partial charge in [-0.1, -0.05) is 60.7 Å². The van der Waals surface area contributed by atoms with E-state index in [1.807, 2.05) is 54.6 Å². The second-order valence-corrected chi connectivity index (χ2v) is 9.82. The third-order valence-corrected chi connectivity index (χ3v) is 7.28. The molecule has 7 heteroatoms. The first kappa shape index (κ1) is 25.1. The Balaban J connectivity index is 1.21. The lowest BCUT2D eigenvalue weighted by molar-refractivity contribution is -0.122. The van der Waals surface area contributed by atoms with Crippen molar-refractivity contribution in [2.75, 3.05) is 51.3 Å². The first-order valence-corrected chi connectivity index (χ1v) is 13.5. The standard InChI is InChI=1S/C32H32N4O3/c37-32(34-25-12-13-29-30(23-25)39-22-21-38-29)31(27-14-15-33-28-11-5-4-10-26(27)28)36-19-17-35(18-20-36)16-6-9-24-7-2-1-3-8-24/h1-15,23,31H,16-22H2,(H,34,37)/b9-6+. The van der Waals surface area contributed by atoms with Gasteiger partial charge in [-0.05, 0) is 35.4 Å². The number of piperazine rings is 1. The van der Waals surface area contributed by atoms with Gasteiger partial charge in [-0.25, -0.2) is 0 Å². The van der Waals surface area contributed by atoms with Crippen LogP contribution in [0.4, 0.5) is 5.69 Å². The van der Waals surface area contributed by atoms with Crippen molar-refractivity contribution < 1.29 is 14.3 Å². The van der Waals surface area contributed by atoms with Gasteiger partial charge in [0, 0.05) is 56.1 Å². The largest absolute Gasteiger partial charge is 0.486 e. The fraction of sp³-hybridized carbons (Fsp3) is 0.250. The molecule has 2 aliphatic rings. The highest BCUT2D eigenvalue weighted by molar-refractivity contribution is 5.99. The lowest BCUT2D eigenvalue weighted by Gasteiger charge is -2.38. The lowest BCUT2D eigenvalue weighted by Crippen LogP contribution is -2.50. The normalized spacial score (nSPS) is 16.8. The van der Waals surface area contributed by atoms with Gasteiger partial charge in [0.05, 0.1) is 5.52 Å². The van der Waals surface area contributed by atoms with Crippen molar-refractivity contribution >= 4 is 28.6 Å². The van der Waals surface area contributed by atoms with Crippen molar-refractivity contribution in [2.45, 2.75) is 6.04 Å². The van der Waals surface area contributed by atoms with Gasteiger partial charge in [-0.3, -0.25) is 19.6 Å². The molecule has 0 saturated carbocycles. The van der Waals surface area contributed by atoms with Gasteiger partial charge in [0.15, 0.2) is 11.5 Å². The molecule has 6 rings (SSSR count). The summed E-state index contributed by atoms with van der Waals surface area (Å²) in [6, 6.07) is 25.5. The molecule has 2 aliphatic heterocycles.